The van der Waals surface area contributed by atoms with Gasteiger partial charge in [-0.15, -0.1) is 0 Å². The molecule has 0 radical (unpaired) electrons. The van der Waals surface area contributed by atoms with Crippen LogP contribution in [0.2, 0.25) is 0 Å². The number of aliphatic hydroxyl groups is 1. The van der Waals surface area contributed by atoms with Crippen molar-refractivity contribution in [3.63, 3.8) is 0 Å². The summed E-state index contributed by atoms with van der Waals surface area (Å²) < 4.78 is 0. The number of hydrogen-bond acceptors (Lipinski definition) is 2. The predicted octanol–water partition coefficient (Wildman–Crippen LogP) is 2.13. The standard InChI is InChI=1S/C13H25NO/c1-11-3-2-4-12(7-11)8-14-6-5-13(9-14)10-15/h11-13,15H,2-10H2,1H3. The fraction of sp³-hybridized carbons (Fsp3) is 1.00. The second kappa shape index (κ2) is 5.31. The summed E-state index contributed by atoms with van der Waals surface area (Å²) in [7, 11) is 0. The van der Waals surface area contributed by atoms with Crippen LogP contribution in [0.25, 0.3) is 0 Å². The van der Waals surface area contributed by atoms with Gasteiger partial charge in [-0.3, -0.25) is 0 Å². The number of hydrogen-bond donors (Lipinski definition) is 1. The van der Waals surface area contributed by atoms with Crippen LogP contribution in [0, 0.1) is 17.8 Å². The van der Waals surface area contributed by atoms with E-state index in [1.165, 1.54) is 45.2 Å². The van der Waals surface area contributed by atoms with Gasteiger partial charge in [0.05, 0.1) is 0 Å². The predicted molar refractivity (Wildman–Crippen MR) is 62.8 cm³/mol. The van der Waals surface area contributed by atoms with Gasteiger partial charge in [0.2, 0.25) is 0 Å². The van der Waals surface area contributed by atoms with Crippen LogP contribution in [0.15, 0.2) is 0 Å². The van der Waals surface area contributed by atoms with Crippen LogP contribution in [0.1, 0.15) is 39.0 Å². The molecule has 3 unspecified atom stereocenters. The molecule has 0 aromatic rings. The molecule has 0 bridgehead atoms. The third-order valence-corrected chi connectivity index (χ3v) is 4.19. The molecule has 0 aromatic carbocycles. The maximum absolute atomic E-state index is 9.11. The molecular weight excluding hydrogens is 186 g/mol. The first-order valence-electron chi connectivity index (χ1n) is 6.61. The zero-order valence-electron chi connectivity index (χ0n) is 9.99. The van der Waals surface area contributed by atoms with E-state index < -0.39 is 0 Å². The number of likely N-dealkylation sites (tertiary alicyclic amines) is 1. The Hall–Kier alpha value is -0.0800. The zero-order chi connectivity index (χ0) is 10.7. The van der Waals surface area contributed by atoms with Crippen LogP contribution < -0.4 is 0 Å². The van der Waals surface area contributed by atoms with E-state index >= 15 is 0 Å². The summed E-state index contributed by atoms with van der Waals surface area (Å²) in [6.45, 7) is 6.43. The Kier molecular flexibility index (Phi) is 4.04. The number of nitrogens with zero attached hydrogens (tertiary/aromatic N) is 1. The van der Waals surface area contributed by atoms with Crippen molar-refractivity contribution in [2.45, 2.75) is 39.0 Å². The first-order chi connectivity index (χ1) is 7.28. The Morgan fingerprint density at radius 3 is 2.73 bits per heavy atom. The van der Waals surface area contributed by atoms with E-state index in [-0.39, 0.29) is 0 Å². The lowest BCUT2D eigenvalue weighted by Crippen LogP contribution is -2.30. The largest absolute Gasteiger partial charge is 0.396 e. The Labute approximate surface area is 93.7 Å². The van der Waals surface area contributed by atoms with Gasteiger partial charge in [0, 0.05) is 19.7 Å². The third kappa shape index (κ3) is 3.18. The van der Waals surface area contributed by atoms with Gasteiger partial charge in [0.25, 0.3) is 0 Å². The highest BCUT2D eigenvalue weighted by Crippen LogP contribution is 2.30. The van der Waals surface area contributed by atoms with E-state index in [9.17, 15) is 0 Å². The number of aliphatic hydroxyl groups excluding tert-OH is 1. The molecule has 2 aliphatic rings. The van der Waals surface area contributed by atoms with Crippen LogP contribution in [0.3, 0.4) is 0 Å². The molecule has 2 rings (SSSR count). The SMILES string of the molecule is CC1CCCC(CN2CCC(CO)C2)C1. The van der Waals surface area contributed by atoms with Crippen LogP contribution in [-0.2, 0) is 0 Å². The van der Waals surface area contributed by atoms with Gasteiger partial charge in [-0.25, -0.2) is 0 Å². The summed E-state index contributed by atoms with van der Waals surface area (Å²) in [6.07, 6.45) is 6.95. The van der Waals surface area contributed by atoms with E-state index in [2.05, 4.69) is 11.8 Å². The highest BCUT2D eigenvalue weighted by molar-refractivity contribution is 4.79. The summed E-state index contributed by atoms with van der Waals surface area (Å²) in [6, 6.07) is 0. The van der Waals surface area contributed by atoms with Crippen LogP contribution in [0.5, 0.6) is 0 Å². The minimum absolute atomic E-state index is 0.386. The molecule has 1 heterocycles. The van der Waals surface area contributed by atoms with Crippen molar-refractivity contribution in [2.24, 2.45) is 17.8 Å². The van der Waals surface area contributed by atoms with E-state index in [0.717, 1.165) is 18.4 Å². The summed E-state index contributed by atoms with van der Waals surface area (Å²) >= 11 is 0. The van der Waals surface area contributed by atoms with Crippen molar-refractivity contribution in [1.82, 2.24) is 4.90 Å². The quantitative estimate of drug-likeness (QED) is 0.773. The lowest BCUT2D eigenvalue weighted by atomic mass is 9.82. The Morgan fingerprint density at radius 1 is 1.20 bits per heavy atom. The van der Waals surface area contributed by atoms with E-state index in [0.29, 0.717) is 12.5 Å². The first kappa shape index (κ1) is 11.4. The minimum Gasteiger partial charge on any atom is -0.396 e. The normalized spacial score (nSPS) is 38.4. The van der Waals surface area contributed by atoms with Gasteiger partial charge in [0.15, 0.2) is 0 Å². The molecule has 2 heteroatoms. The molecule has 1 aliphatic heterocycles. The third-order valence-electron chi connectivity index (χ3n) is 4.19. The fourth-order valence-electron chi connectivity index (χ4n) is 3.32. The molecule has 88 valence electrons. The highest BCUT2D eigenvalue weighted by Gasteiger charge is 2.26. The number of rotatable bonds is 3. The van der Waals surface area contributed by atoms with Gasteiger partial charge >= 0.3 is 0 Å². The zero-order valence-corrected chi connectivity index (χ0v) is 9.99. The first-order valence-corrected chi connectivity index (χ1v) is 6.61. The molecule has 1 saturated heterocycles. The second-order valence-electron chi connectivity index (χ2n) is 5.73. The maximum atomic E-state index is 9.11. The van der Waals surface area contributed by atoms with Gasteiger partial charge in [-0.05, 0) is 43.6 Å². The molecule has 2 nitrogen and oxygen atoms in total. The van der Waals surface area contributed by atoms with Crippen molar-refractivity contribution in [2.75, 3.05) is 26.2 Å². The summed E-state index contributed by atoms with van der Waals surface area (Å²) in [5.74, 6) is 2.44. The van der Waals surface area contributed by atoms with Gasteiger partial charge in [0.1, 0.15) is 0 Å². The molecular formula is C13H25NO. The maximum Gasteiger partial charge on any atom is 0.0471 e. The Morgan fingerprint density at radius 2 is 2.07 bits per heavy atom. The Balaban J connectivity index is 1.72. The summed E-state index contributed by atoms with van der Waals surface area (Å²) in [5, 5.41) is 9.11. The fourth-order valence-corrected chi connectivity index (χ4v) is 3.32. The molecule has 1 aliphatic carbocycles. The van der Waals surface area contributed by atoms with E-state index in [1.54, 1.807) is 0 Å². The smallest absolute Gasteiger partial charge is 0.0471 e. The summed E-state index contributed by atoms with van der Waals surface area (Å²) in [5.41, 5.74) is 0. The molecule has 1 N–H and O–H groups in total. The average Bonchev–Trinajstić information content (AvgIpc) is 2.65. The van der Waals surface area contributed by atoms with Crippen LogP contribution in [0.4, 0.5) is 0 Å². The lowest BCUT2D eigenvalue weighted by molar-refractivity contribution is 0.185. The molecule has 3 atom stereocenters. The second-order valence-corrected chi connectivity index (χ2v) is 5.73. The topological polar surface area (TPSA) is 23.5 Å². The van der Waals surface area contributed by atoms with Crippen LogP contribution >= 0.6 is 0 Å². The van der Waals surface area contributed by atoms with Crippen molar-refractivity contribution in [3.05, 3.63) is 0 Å². The minimum atomic E-state index is 0.386. The molecule has 2 fully saturated rings. The monoisotopic (exact) mass is 211 g/mol. The highest BCUT2D eigenvalue weighted by atomic mass is 16.3. The van der Waals surface area contributed by atoms with Gasteiger partial charge in [-0.1, -0.05) is 19.8 Å². The Bertz CT molecular complexity index is 195. The van der Waals surface area contributed by atoms with Crippen molar-refractivity contribution in [1.29, 1.82) is 0 Å². The van der Waals surface area contributed by atoms with E-state index in [1.807, 2.05) is 0 Å². The van der Waals surface area contributed by atoms with Gasteiger partial charge < -0.3 is 10.0 Å². The van der Waals surface area contributed by atoms with Gasteiger partial charge in [-0.2, -0.15) is 0 Å². The van der Waals surface area contributed by atoms with Crippen molar-refractivity contribution >= 4 is 0 Å². The molecule has 15 heavy (non-hydrogen) atoms. The molecule has 0 amide bonds. The molecule has 0 spiro atoms. The van der Waals surface area contributed by atoms with Crippen molar-refractivity contribution < 1.29 is 5.11 Å². The van der Waals surface area contributed by atoms with Crippen LogP contribution in [-0.4, -0.2) is 36.2 Å². The van der Waals surface area contributed by atoms with Crippen molar-refractivity contribution in [3.8, 4) is 0 Å². The molecule has 0 aromatic heterocycles. The summed E-state index contributed by atoms with van der Waals surface area (Å²) in [4.78, 5) is 2.57. The average molecular weight is 211 g/mol. The molecule has 1 saturated carbocycles. The lowest BCUT2D eigenvalue weighted by Gasteiger charge is -2.30. The van der Waals surface area contributed by atoms with E-state index in [4.69, 9.17) is 5.11 Å².